The number of thioether (sulfide) groups is 1. The van der Waals surface area contributed by atoms with Gasteiger partial charge in [-0.3, -0.25) is 4.79 Å². The number of hydrogen-bond acceptors (Lipinski definition) is 6. The van der Waals surface area contributed by atoms with Crippen molar-refractivity contribution in [2.24, 2.45) is 0 Å². The van der Waals surface area contributed by atoms with Crippen LogP contribution in [0.5, 0.6) is 5.75 Å². The summed E-state index contributed by atoms with van der Waals surface area (Å²) in [5, 5.41) is 10.9. The molecule has 0 radical (unpaired) electrons. The molecule has 0 aliphatic carbocycles. The molecule has 3 aromatic rings. The van der Waals surface area contributed by atoms with Gasteiger partial charge in [0.15, 0.2) is 6.61 Å². The first-order valence-corrected chi connectivity index (χ1v) is 9.85. The van der Waals surface area contributed by atoms with E-state index in [0.29, 0.717) is 11.1 Å². The lowest BCUT2D eigenvalue weighted by atomic mass is 10.1. The summed E-state index contributed by atoms with van der Waals surface area (Å²) < 4.78 is 11.2. The van der Waals surface area contributed by atoms with Gasteiger partial charge in [-0.25, -0.2) is 0 Å². The summed E-state index contributed by atoms with van der Waals surface area (Å²) in [7, 11) is 0. The molecule has 0 spiro atoms. The normalized spacial score (nSPS) is 11.9. The number of amides is 1. The van der Waals surface area contributed by atoms with Crippen molar-refractivity contribution in [3.8, 4) is 5.75 Å². The molecule has 3 rings (SSSR count). The van der Waals surface area contributed by atoms with Gasteiger partial charge in [-0.05, 0) is 57.0 Å². The first-order valence-electron chi connectivity index (χ1n) is 8.97. The maximum atomic E-state index is 12.5. The van der Waals surface area contributed by atoms with Gasteiger partial charge in [0.25, 0.3) is 11.1 Å². The molecule has 0 aliphatic heterocycles. The topological polar surface area (TPSA) is 77.2 Å². The fourth-order valence-corrected chi connectivity index (χ4v) is 3.29. The fraction of sp³-hybridized carbons (Fsp3) is 0.286. The van der Waals surface area contributed by atoms with Crippen LogP contribution in [0.2, 0.25) is 0 Å². The van der Waals surface area contributed by atoms with Gasteiger partial charge in [0.2, 0.25) is 5.91 Å². The van der Waals surface area contributed by atoms with Gasteiger partial charge in [-0.1, -0.05) is 41.6 Å². The number of hydrogen-bond donors (Lipinski definition) is 1. The van der Waals surface area contributed by atoms with Crippen LogP contribution in [0.25, 0.3) is 0 Å². The van der Waals surface area contributed by atoms with E-state index in [0.717, 1.165) is 28.1 Å². The zero-order valence-electron chi connectivity index (χ0n) is 16.4. The highest BCUT2D eigenvalue weighted by Crippen LogP contribution is 2.24. The van der Waals surface area contributed by atoms with Crippen molar-refractivity contribution in [1.82, 2.24) is 10.2 Å². The molecule has 1 amide bonds. The molecule has 0 bridgehead atoms. The van der Waals surface area contributed by atoms with E-state index < -0.39 is 0 Å². The number of ether oxygens (including phenoxy) is 1. The molecule has 0 saturated carbocycles. The monoisotopic (exact) mass is 397 g/mol. The highest BCUT2D eigenvalue weighted by atomic mass is 32.2. The molecule has 0 saturated heterocycles. The van der Waals surface area contributed by atoms with Crippen molar-refractivity contribution in [2.75, 3.05) is 5.32 Å². The van der Waals surface area contributed by atoms with Gasteiger partial charge in [-0.15, -0.1) is 10.2 Å². The third-order valence-electron chi connectivity index (χ3n) is 4.09. The van der Waals surface area contributed by atoms with Crippen LogP contribution in [0, 0.1) is 20.8 Å². The van der Waals surface area contributed by atoms with E-state index in [9.17, 15) is 4.79 Å². The molecule has 6 nitrogen and oxygen atoms in total. The second-order valence-electron chi connectivity index (χ2n) is 6.63. The molecule has 7 heteroatoms. The van der Waals surface area contributed by atoms with Gasteiger partial charge in [0.1, 0.15) is 5.75 Å². The van der Waals surface area contributed by atoms with Crippen LogP contribution < -0.4 is 10.1 Å². The lowest BCUT2D eigenvalue weighted by molar-refractivity contribution is -0.115. The van der Waals surface area contributed by atoms with Crippen LogP contribution >= 0.6 is 11.8 Å². The van der Waals surface area contributed by atoms with Gasteiger partial charge >= 0.3 is 0 Å². The highest BCUT2D eigenvalue weighted by Gasteiger charge is 2.19. The Kier molecular flexibility index (Phi) is 6.36. The van der Waals surface area contributed by atoms with Crippen molar-refractivity contribution >= 4 is 23.4 Å². The largest absolute Gasteiger partial charge is 0.484 e. The minimum Gasteiger partial charge on any atom is -0.484 e. The predicted molar refractivity (Wildman–Crippen MR) is 110 cm³/mol. The van der Waals surface area contributed by atoms with Crippen molar-refractivity contribution < 1.29 is 13.9 Å². The van der Waals surface area contributed by atoms with E-state index >= 15 is 0 Å². The molecule has 2 aromatic carbocycles. The van der Waals surface area contributed by atoms with Gasteiger partial charge in [0, 0.05) is 5.69 Å². The fourth-order valence-electron chi connectivity index (χ4n) is 2.59. The average molecular weight is 398 g/mol. The van der Waals surface area contributed by atoms with E-state index in [1.807, 2.05) is 63.2 Å². The molecular weight excluding hydrogens is 374 g/mol. The number of rotatable bonds is 7. The molecule has 1 aromatic heterocycles. The zero-order chi connectivity index (χ0) is 20.1. The lowest BCUT2D eigenvalue weighted by Crippen LogP contribution is -2.22. The number of aromatic nitrogens is 2. The highest BCUT2D eigenvalue weighted by molar-refractivity contribution is 8.00. The second kappa shape index (κ2) is 8.93. The number of benzene rings is 2. The smallest absolute Gasteiger partial charge is 0.277 e. The third-order valence-corrected chi connectivity index (χ3v) is 5.02. The number of nitrogens with one attached hydrogen (secondary N) is 1. The Hall–Kier alpha value is -2.80. The maximum absolute atomic E-state index is 12.5. The van der Waals surface area contributed by atoms with Crippen LogP contribution in [0.15, 0.2) is 52.1 Å². The van der Waals surface area contributed by atoms with Crippen molar-refractivity contribution in [1.29, 1.82) is 0 Å². The predicted octanol–water partition coefficient (Wildman–Crippen LogP) is 4.69. The molecular formula is C21H23N3O3S. The van der Waals surface area contributed by atoms with Crippen molar-refractivity contribution in [3.05, 3.63) is 65.0 Å². The Morgan fingerprint density at radius 2 is 1.93 bits per heavy atom. The number of nitrogens with zero attached hydrogens (tertiary/aromatic N) is 2. The third kappa shape index (κ3) is 5.36. The lowest BCUT2D eigenvalue weighted by Gasteiger charge is -2.12. The van der Waals surface area contributed by atoms with Crippen LogP contribution in [0.1, 0.15) is 29.5 Å². The van der Waals surface area contributed by atoms with Crippen LogP contribution in [0.3, 0.4) is 0 Å². The first kappa shape index (κ1) is 19.9. The minimum atomic E-state index is -0.383. The standard InChI is InChI=1S/C21H23N3O3S/c1-13-6-5-7-17(11-13)26-12-19-23-24-21(27-19)28-16(4)20(25)22-18-9-8-14(2)10-15(18)3/h5-11,16H,12H2,1-4H3,(H,22,25)/t16-/m1/s1. The number of anilines is 1. The Labute approximate surface area is 168 Å². The summed E-state index contributed by atoms with van der Waals surface area (Å²) in [6.45, 7) is 7.97. The molecule has 0 aliphatic rings. The summed E-state index contributed by atoms with van der Waals surface area (Å²) in [6, 6.07) is 13.6. The first-order chi connectivity index (χ1) is 13.4. The summed E-state index contributed by atoms with van der Waals surface area (Å²) in [5.41, 5.74) is 4.10. The van der Waals surface area contributed by atoms with E-state index in [2.05, 4.69) is 15.5 Å². The van der Waals surface area contributed by atoms with Gasteiger partial charge < -0.3 is 14.5 Å². The summed E-state index contributed by atoms with van der Waals surface area (Å²) in [4.78, 5) is 12.5. The maximum Gasteiger partial charge on any atom is 0.277 e. The van der Waals surface area contributed by atoms with E-state index in [-0.39, 0.29) is 17.8 Å². The molecule has 28 heavy (non-hydrogen) atoms. The minimum absolute atomic E-state index is 0.118. The van der Waals surface area contributed by atoms with Crippen LogP contribution in [-0.2, 0) is 11.4 Å². The summed E-state index contributed by atoms with van der Waals surface area (Å²) in [6.07, 6.45) is 0. The Balaban J connectivity index is 1.54. The second-order valence-corrected chi connectivity index (χ2v) is 7.93. The number of carbonyl (C=O) groups is 1. The number of carbonyl (C=O) groups excluding carboxylic acids is 1. The SMILES string of the molecule is Cc1cccc(OCc2nnc(S[C@H](C)C(=O)Nc3ccc(C)cc3C)o2)c1. The molecule has 146 valence electrons. The van der Waals surface area contributed by atoms with E-state index in [4.69, 9.17) is 9.15 Å². The molecule has 0 unspecified atom stereocenters. The van der Waals surface area contributed by atoms with Gasteiger partial charge in [-0.2, -0.15) is 0 Å². The molecule has 1 heterocycles. The molecule has 0 fully saturated rings. The quantitative estimate of drug-likeness (QED) is 0.583. The van der Waals surface area contributed by atoms with Crippen molar-refractivity contribution in [2.45, 2.75) is 44.8 Å². The summed E-state index contributed by atoms with van der Waals surface area (Å²) in [5.74, 6) is 0.993. The Morgan fingerprint density at radius 3 is 2.68 bits per heavy atom. The Bertz CT molecular complexity index is 971. The Morgan fingerprint density at radius 1 is 1.14 bits per heavy atom. The zero-order valence-corrected chi connectivity index (χ0v) is 17.2. The summed E-state index contributed by atoms with van der Waals surface area (Å²) >= 11 is 1.22. The van der Waals surface area contributed by atoms with Crippen LogP contribution in [-0.4, -0.2) is 21.4 Å². The van der Waals surface area contributed by atoms with Crippen LogP contribution in [0.4, 0.5) is 5.69 Å². The molecule has 1 atom stereocenters. The number of aryl methyl sites for hydroxylation is 3. The van der Waals surface area contributed by atoms with E-state index in [1.165, 1.54) is 11.8 Å². The van der Waals surface area contributed by atoms with E-state index in [1.54, 1.807) is 6.92 Å². The molecule has 1 N–H and O–H groups in total. The van der Waals surface area contributed by atoms with Gasteiger partial charge in [0.05, 0.1) is 5.25 Å². The van der Waals surface area contributed by atoms with Crippen molar-refractivity contribution in [3.63, 3.8) is 0 Å². The average Bonchev–Trinajstić information content (AvgIpc) is 3.09.